The van der Waals surface area contributed by atoms with Gasteiger partial charge in [0.15, 0.2) is 0 Å². The Bertz CT molecular complexity index is 796. The summed E-state index contributed by atoms with van der Waals surface area (Å²) < 4.78 is 1.98. The third-order valence-electron chi connectivity index (χ3n) is 3.23. The molecular weight excluding hydrogens is 295 g/mol. The average molecular weight is 307 g/mol. The molecule has 0 radical (unpaired) electrons. The number of phenols is 1. The predicted molar refractivity (Wildman–Crippen MR) is 82.5 cm³/mol. The highest BCUT2D eigenvalue weighted by molar-refractivity contribution is 6.35. The number of nitrogens with zero attached hydrogens (tertiary/aromatic N) is 2. The summed E-state index contributed by atoms with van der Waals surface area (Å²) in [4.78, 5) is 4.58. The number of aromatic nitrogens is 2. The number of halogens is 2. The molecule has 20 heavy (non-hydrogen) atoms. The summed E-state index contributed by atoms with van der Waals surface area (Å²) in [6.07, 6.45) is 0. The fourth-order valence-electron chi connectivity index (χ4n) is 2.34. The molecule has 0 atom stereocenters. The molecule has 1 N–H and O–H groups in total. The predicted octanol–water partition coefficient (Wildman–Crippen LogP) is 4.74. The van der Waals surface area contributed by atoms with Crippen molar-refractivity contribution in [2.45, 2.75) is 13.5 Å². The highest BCUT2D eigenvalue weighted by Gasteiger charge is 2.16. The third kappa shape index (κ3) is 2.03. The molecule has 3 rings (SSSR count). The summed E-state index contributed by atoms with van der Waals surface area (Å²) in [5.74, 6) is 0.811. The van der Waals surface area contributed by atoms with Crippen LogP contribution in [0.2, 0.25) is 10.0 Å². The molecule has 0 aliphatic carbocycles. The number of phenolic OH excluding ortho intramolecular Hbond substituents is 1. The van der Waals surface area contributed by atoms with Gasteiger partial charge in [0.25, 0.3) is 0 Å². The van der Waals surface area contributed by atoms with Gasteiger partial charge in [-0.05, 0) is 37.3 Å². The van der Waals surface area contributed by atoms with Crippen LogP contribution in [0.5, 0.6) is 5.75 Å². The molecule has 0 aliphatic heterocycles. The molecule has 1 heterocycles. The quantitative estimate of drug-likeness (QED) is 0.743. The molecule has 0 spiro atoms. The molecule has 0 fully saturated rings. The van der Waals surface area contributed by atoms with Gasteiger partial charge >= 0.3 is 0 Å². The number of benzene rings is 2. The molecule has 2 aromatic carbocycles. The van der Waals surface area contributed by atoms with Crippen LogP contribution in [0.1, 0.15) is 6.92 Å². The molecule has 0 aliphatic rings. The van der Waals surface area contributed by atoms with E-state index in [4.69, 9.17) is 23.2 Å². The normalized spacial score (nSPS) is 11.2. The molecule has 0 bridgehead atoms. The van der Waals surface area contributed by atoms with E-state index in [0.717, 1.165) is 11.0 Å². The van der Waals surface area contributed by atoms with Crippen molar-refractivity contribution in [1.29, 1.82) is 0 Å². The number of fused-ring (bicyclic) bond motifs is 1. The summed E-state index contributed by atoms with van der Waals surface area (Å²) in [7, 11) is 0. The number of hydrogen-bond donors (Lipinski definition) is 1. The first-order chi connectivity index (χ1) is 9.61. The van der Waals surface area contributed by atoms with Gasteiger partial charge in [0.1, 0.15) is 11.6 Å². The first-order valence-corrected chi connectivity index (χ1v) is 7.01. The van der Waals surface area contributed by atoms with Crippen molar-refractivity contribution in [2.75, 3.05) is 0 Å². The first kappa shape index (κ1) is 13.3. The lowest BCUT2D eigenvalue weighted by atomic mass is 10.2. The van der Waals surface area contributed by atoms with E-state index in [-0.39, 0.29) is 5.75 Å². The van der Waals surface area contributed by atoms with Crippen LogP contribution in [0.25, 0.3) is 22.4 Å². The second kappa shape index (κ2) is 5.00. The van der Waals surface area contributed by atoms with Crippen LogP contribution in [-0.4, -0.2) is 14.7 Å². The number of aromatic hydroxyl groups is 1. The Morgan fingerprint density at radius 3 is 2.75 bits per heavy atom. The van der Waals surface area contributed by atoms with Crippen LogP contribution < -0.4 is 0 Å². The fourth-order valence-corrected chi connectivity index (χ4v) is 2.79. The van der Waals surface area contributed by atoms with E-state index in [1.165, 1.54) is 0 Å². The van der Waals surface area contributed by atoms with E-state index < -0.39 is 0 Å². The van der Waals surface area contributed by atoms with Crippen LogP contribution in [0.15, 0.2) is 36.4 Å². The molecule has 102 valence electrons. The standard InChI is InChI=1S/C15H12Cl2N2O/c1-2-19-14-11(17)4-3-5-12(14)18-15(19)10-8-9(16)6-7-13(10)20/h3-8,20H,2H2,1H3. The third-order valence-corrected chi connectivity index (χ3v) is 3.77. The summed E-state index contributed by atoms with van der Waals surface area (Å²) in [5.41, 5.74) is 2.27. The van der Waals surface area contributed by atoms with E-state index >= 15 is 0 Å². The van der Waals surface area contributed by atoms with Gasteiger partial charge in [-0.3, -0.25) is 0 Å². The fraction of sp³-hybridized carbons (Fsp3) is 0.133. The monoisotopic (exact) mass is 306 g/mol. The van der Waals surface area contributed by atoms with Crippen LogP contribution >= 0.6 is 23.2 Å². The van der Waals surface area contributed by atoms with Gasteiger partial charge in [-0.15, -0.1) is 0 Å². The van der Waals surface area contributed by atoms with Crippen molar-refractivity contribution < 1.29 is 5.11 Å². The molecule has 0 saturated carbocycles. The van der Waals surface area contributed by atoms with Gasteiger partial charge in [-0.25, -0.2) is 4.98 Å². The lowest BCUT2D eigenvalue weighted by molar-refractivity contribution is 0.476. The van der Waals surface area contributed by atoms with Crippen LogP contribution in [0.3, 0.4) is 0 Å². The van der Waals surface area contributed by atoms with Crippen LogP contribution in [0, 0.1) is 0 Å². The zero-order valence-corrected chi connectivity index (χ0v) is 12.3. The lowest BCUT2D eigenvalue weighted by Gasteiger charge is -2.08. The molecule has 1 aromatic heterocycles. The van der Waals surface area contributed by atoms with Gasteiger partial charge in [0, 0.05) is 11.6 Å². The van der Waals surface area contributed by atoms with E-state index in [0.29, 0.717) is 28.0 Å². The second-order valence-electron chi connectivity index (χ2n) is 4.45. The Kier molecular flexibility index (Phi) is 3.32. The molecule has 5 heteroatoms. The van der Waals surface area contributed by atoms with E-state index in [9.17, 15) is 5.11 Å². The number of rotatable bonds is 2. The molecule has 3 nitrogen and oxygen atoms in total. The average Bonchev–Trinajstić information content (AvgIpc) is 2.81. The Balaban J connectivity index is 2.36. The van der Waals surface area contributed by atoms with Gasteiger partial charge in [-0.1, -0.05) is 29.3 Å². The second-order valence-corrected chi connectivity index (χ2v) is 5.29. The van der Waals surface area contributed by atoms with Crippen molar-refractivity contribution in [2.24, 2.45) is 0 Å². The molecule has 0 saturated heterocycles. The van der Waals surface area contributed by atoms with Crippen molar-refractivity contribution in [3.8, 4) is 17.1 Å². The molecule has 3 aromatic rings. The lowest BCUT2D eigenvalue weighted by Crippen LogP contribution is -1.98. The largest absolute Gasteiger partial charge is 0.507 e. The Morgan fingerprint density at radius 2 is 2.00 bits per heavy atom. The number of aryl methyl sites for hydroxylation is 1. The molecule has 0 unspecified atom stereocenters. The van der Waals surface area contributed by atoms with Gasteiger partial charge in [0.2, 0.25) is 0 Å². The number of para-hydroxylation sites is 1. The van der Waals surface area contributed by atoms with Gasteiger partial charge in [-0.2, -0.15) is 0 Å². The maximum Gasteiger partial charge on any atom is 0.144 e. The highest BCUT2D eigenvalue weighted by atomic mass is 35.5. The molecule has 0 amide bonds. The Morgan fingerprint density at radius 1 is 1.20 bits per heavy atom. The summed E-state index contributed by atoms with van der Waals surface area (Å²) in [5, 5.41) is 11.3. The summed E-state index contributed by atoms with van der Waals surface area (Å²) in [6.45, 7) is 2.71. The van der Waals surface area contributed by atoms with Crippen molar-refractivity contribution >= 4 is 34.2 Å². The topological polar surface area (TPSA) is 38.0 Å². The SMILES string of the molecule is CCn1c(-c2cc(Cl)ccc2O)nc2cccc(Cl)c21. The van der Waals surface area contributed by atoms with E-state index in [2.05, 4.69) is 4.98 Å². The van der Waals surface area contributed by atoms with Crippen molar-refractivity contribution in [3.63, 3.8) is 0 Å². The van der Waals surface area contributed by atoms with Crippen LogP contribution in [-0.2, 0) is 6.54 Å². The zero-order chi connectivity index (χ0) is 14.3. The smallest absolute Gasteiger partial charge is 0.144 e. The Hall–Kier alpha value is -1.71. The minimum absolute atomic E-state index is 0.149. The van der Waals surface area contributed by atoms with Gasteiger partial charge < -0.3 is 9.67 Å². The van der Waals surface area contributed by atoms with Crippen molar-refractivity contribution in [1.82, 2.24) is 9.55 Å². The molecular formula is C15H12Cl2N2O. The Labute approximate surface area is 126 Å². The summed E-state index contributed by atoms with van der Waals surface area (Å²) in [6, 6.07) is 10.5. The minimum Gasteiger partial charge on any atom is -0.507 e. The van der Waals surface area contributed by atoms with Crippen molar-refractivity contribution in [3.05, 3.63) is 46.4 Å². The maximum atomic E-state index is 10.1. The maximum absolute atomic E-state index is 10.1. The van der Waals surface area contributed by atoms with E-state index in [1.807, 2.05) is 29.7 Å². The first-order valence-electron chi connectivity index (χ1n) is 6.25. The zero-order valence-electron chi connectivity index (χ0n) is 10.8. The minimum atomic E-state index is 0.149. The number of imidazole rings is 1. The van der Waals surface area contributed by atoms with E-state index in [1.54, 1.807) is 18.2 Å². The van der Waals surface area contributed by atoms with Crippen LogP contribution in [0.4, 0.5) is 0 Å². The number of hydrogen-bond acceptors (Lipinski definition) is 2. The van der Waals surface area contributed by atoms with Gasteiger partial charge in [0.05, 0.1) is 21.6 Å². The summed E-state index contributed by atoms with van der Waals surface area (Å²) >= 11 is 12.3. The highest BCUT2D eigenvalue weighted by Crippen LogP contribution is 2.35.